The number of carbonyl (C=O) groups is 3. The minimum absolute atomic E-state index is 0.00765. The van der Waals surface area contributed by atoms with E-state index in [1.807, 2.05) is 0 Å². The van der Waals surface area contributed by atoms with Gasteiger partial charge in [-0.1, -0.05) is 12.5 Å². The number of aromatic nitrogens is 1. The Balaban J connectivity index is 2.37. The molecular formula is C21H30N2O4. The summed E-state index contributed by atoms with van der Waals surface area (Å²) in [5, 5.41) is 0. The van der Waals surface area contributed by atoms with Crippen LogP contribution < -0.4 is 0 Å². The second-order valence-corrected chi connectivity index (χ2v) is 7.16. The van der Waals surface area contributed by atoms with Gasteiger partial charge in [0.05, 0.1) is 12.6 Å². The fraction of sp³-hybridized carbons (Fsp3) is 0.571. The molecule has 148 valence electrons. The largest absolute Gasteiger partial charge is 0.461 e. The van der Waals surface area contributed by atoms with Crippen molar-refractivity contribution in [2.24, 2.45) is 13.0 Å². The molecule has 6 heteroatoms. The zero-order chi connectivity index (χ0) is 20.3. The fourth-order valence-corrected chi connectivity index (χ4v) is 3.65. The predicted octanol–water partition coefficient (Wildman–Crippen LogP) is 3.20. The number of esters is 1. The van der Waals surface area contributed by atoms with E-state index >= 15 is 0 Å². The van der Waals surface area contributed by atoms with Crippen molar-refractivity contribution in [3.63, 3.8) is 0 Å². The summed E-state index contributed by atoms with van der Waals surface area (Å²) in [6.45, 7) is 11.4. The minimum Gasteiger partial charge on any atom is -0.461 e. The first-order valence-corrected chi connectivity index (χ1v) is 9.54. The van der Waals surface area contributed by atoms with E-state index in [0.717, 1.165) is 19.3 Å². The standard InChI is InChI=1S/C21H30N2O4/c1-7-12-23(20(25)16-10-9-11-16)15(5)19(24)17-13(3)18(21(26)27-8-2)22(6)14(17)4/h7,15-16H,1,8-12H2,2-6H3. The molecule has 1 fully saturated rings. The van der Waals surface area contributed by atoms with Gasteiger partial charge in [0.25, 0.3) is 0 Å². The fourth-order valence-electron chi connectivity index (χ4n) is 3.65. The van der Waals surface area contributed by atoms with E-state index in [0.29, 0.717) is 29.1 Å². The molecule has 0 spiro atoms. The summed E-state index contributed by atoms with van der Waals surface area (Å²) in [6, 6.07) is -0.619. The molecule has 1 amide bonds. The molecule has 0 radical (unpaired) electrons. The lowest BCUT2D eigenvalue weighted by Gasteiger charge is -2.34. The van der Waals surface area contributed by atoms with E-state index in [1.54, 1.807) is 50.3 Å². The average Bonchev–Trinajstić information content (AvgIpc) is 2.79. The van der Waals surface area contributed by atoms with Gasteiger partial charge >= 0.3 is 5.97 Å². The molecule has 27 heavy (non-hydrogen) atoms. The van der Waals surface area contributed by atoms with Crippen LogP contribution in [0.3, 0.4) is 0 Å². The molecule has 0 N–H and O–H groups in total. The Kier molecular flexibility index (Phi) is 6.63. The van der Waals surface area contributed by atoms with Crippen LogP contribution in [0.25, 0.3) is 0 Å². The second-order valence-electron chi connectivity index (χ2n) is 7.16. The Morgan fingerprint density at radius 1 is 1.33 bits per heavy atom. The highest BCUT2D eigenvalue weighted by Crippen LogP contribution is 2.30. The normalized spacial score (nSPS) is 15.0. The zero-order valence-electron chi connectivity index (χ0n) is 17.0. The lowest BCUT2D eigenvalue weighted by Crippen LogP contribution is -2.47. The molecule has 0 aromatic carbocycles. The average molecular weight is 374 g/mol. The number of carbonyl (C=O) groups excluding carboxylic acids is 3. The molecule has 1 aromatic heterocycles. The summed E-state index contributed by atoms with van der Waals surface area (Å²) >= 11 is 0. The monoisotopic (exact) mass is 374 g/mol. The molecule has 1 unspecified atom stereocenters. The van der Waals surface area contributed by atoms with Crippen molar-refractivity contribution in [2.45, 2.75) is 53.0 Å². The van der Waals surface area contributed by atoms with Gasteiger partial charge in [0.2, 0.25) is 5.91 Å². The van der Waals surface area contributed by atoms with E-state index < -0.39 is 12.0 Å². The molecule has 2 rings (SSSR count). The van der Waals surface area contributed by atoms with Crippen LogP contribution in [-0.4, -0.2) is 46.3 Å². The van der Waals surface area contributed by atoms with Gasteiger partial charge in [-0.15, -0.1) is 6.58 Å². The van der Waals surface area contributed by atoms with Crippen molar-refractivity contribution in [2.75, 3.05) is 13.2 Å². The number of Topliss-reactive ketones (excluding diaryl/α,β-unsaturated/α-hetero) is 1. The number of rotatable bonds is 8. The second kappa shape index (κ2) is 8.55. The Labute approximate surface area is 161 Å². The molecule has 0 saturated heterocycles. The summed E-state index contributed by atoms with van der Waals surface area (Å²) in [5.74, 6) is -0.585. The van der Waals surface area contributed by atoms with E-state index in [1.165, 1.54) is 0 Å². The number of hydrogen-bond acceptors (Lipinski definition) is 4. The Hall–Kier alpha value is -2.37. The van der Waals surface area contributed by atoms with Gasteiger partial charge in [0.1, 0.15) is 5.69 Å². The van der Waals surface area contributed by atoms with Crippen LogP contribution in [-0.2, 0) is 16.6 Å². The number of hydrogen-bond donors (Lipinski definition) is 0. The molecule has 1 aliphatic rings. The van der Waals surface area contributed by atoms with Crippen molar-refractivity contribution in [1.82, 2.24) is 9.47 Å². The van der Waals surface area contributed by atoms with Crippen LogP contribution in [0.5, 0.6) is 0 Å². The highest BCUT2D eigenvalue weighted by Gasteiger charge is 2.36. The summed E-state index contributed by atoms with van der Waals surface area (Å²) in [6.07, 6.45) is 4.46. The van der Waals surface area contributed by atoms with E-state index in [9.17, 15) is 14.4 Å². The number of ketones is 1. The number of nitrogens with zero attached hydrogens (tertiary/aromatic N) is 2. The highest BCUT2D eigenvalue weighted by atomic mass is 16.5. The van der Waals surface area contributed by atoms with Crippen LogP contribution >= 0.6 is 0 Å². The summed E-state index contributed by atoms with van der Waals surface area (Å²) < 4.78 is 6.82. The van der Waals surface area contributed by atoms with E-state index in [2.05, 4.69) is 6.58 Å². The molecule has 0 bridgehead atoms. The third-order valence-corrected chi connectivity index (χ3v) is 5.56. The van der Waals surface area contributed by atoms with Gasteiger partial charge in [-0.3, -0.25) is 9.59 Å². The van der Waals surface area contributed by atoms with Crippen LogP contribution in [0.2, 0.25) is 0 Å². The SMILES string of the molecule is C=CCN(C(=O)C1CCC1)C(C)C(=O)c1c(C)c(C(=O)OCC)n(C)c1C. The van der Waals surface area contributed by atoms with Gasteiger partial charge in [-0.25, -0.2) is 4.79 Å². The molecule has 1 heterocycles. The first kappa shape index (κ1) is 20.9. The number of ether oxygens (including phenoxy) is 1. The van der Waals surface area contributed by atoms with Crippen molar-refractivity contribution in [3.05, 3.63) is 35.2 Å². The Morgan fingerprint density at radius 3 is 2.44 bits per heavy atom. The molecule has 1 saturated carbocycles. The van der Waals surface area contributed by atoms with Gasteiger partial charge in [0.15, 0.2) is 5.78 Å². The van der Waals surface area contributed by atoms with Crippen molar-refractivity contribution in [1.29, 1.82) is 0 Å². The van der Waals surface area contributed by atoms with E-state index in [4.69, 9.17) is 4.74 Å². The van der Waals surface area contributed by atoms with E-state index in [-0.39, 0.29) is 24.2 Å². The summed E-state index contributed by atoms with van der Waals surface area (Å²) in [7, 11) is 1.75. The molecular weight excluding hydrogens is 344 g/mol. The Bertz CT molecular complexity index is 759. The van der Waals surface area contributed by atoms with Crippen molar-refractivity contribution >= 4 is 17.7 Å². The third-order valence-electron chi connectivity index (χ3n) is 5.56. The van der Waals surface area contributed by atoms with Gasteiger partial charge < -0.3 is 14.2 Å². The van der Waals surface area contributed by atoms with Gasteiger partial charge in [-0.05, 0) is 46.1 Å². The van der Waals surface area contributed by atoms with Crippen molar-refractivity contribution in [3.8, 4) is 0 Å². The van der Waals surface area contributed by atoms with Crippen LogP contribution in [0.1, 0.15) is 65.2 Å². The maximum Gasteiger partial charge on any atom is 0.355 e. The predicted molar refractivity (Wildman–Crippen MR) is 104 cm³/mol. The topological polar surface area (TPSA) is 68.6 Å². The zero-order valence-corrected chi connectivity index (χ0v) is 17.0. The maximum absolute atomic E-state index is 13.3. The number of amides is 1. The molecule has 0 aliphatic heterocycles. The molecule has 1 atom stereocenters. The quantitative estimate of drug-likeness (QED) is 0.398. The maximum atomic E-state index is 13.3. The smallest absolute Gasteiger partial charge is 0.355 e. The molecule has 6 nitrogen and oxygen atoms in total. The lowest BCUT2D eigenvalue weighted by molar-refractivity contribution is -0.138. The summed E-state index contributed by atoms with van der Waals surface area (Å²) in [5.41, 5.74) is 2.16. The van der Waals surface area contributed by atoms with Crippen LogP contribution in [0.4, 0.5) is 0 Å². The lowest BCUT2D eigenvalue weighted by atomic mass is 9.84. The highest BCUT2D eigenvalue weighted by molar-refractivity contribution is 6.06. The molecule has 1 aliphatic carbocycles. The Morgan fingerprint density at radius 2 is 1.96 bits per heavy atom. The van der Waals surface area contributed by atoms with Crippen LogP contribution in [0, 0.1) is 19.8 Å². The van der Waals surface area contributed by atoms with Crippen LogP contribution in [0.15, 0.2) is 12.7 Å². The first-order valence-electron chi connectivity index (χ1n) is 9.54. The third kappa shape index (κ3) is 3.84. The van der Waals surface area contributed by atoms with Gasteiger partial charge in [0, 0.05) is 30.8 Å². The molecule has 1 aromatic rings. The van der Waals surface area contributed by atoms with Crippen molar-refractivity contribution < 1.29 is 19.1 Å². The van der Waals surface area contributed by atoms with Gasteiger partial charge in [-0.2, -0.15) is 0 Å². The summed E-state index contributed by atoms with van der Waals surface area (Å²) in [4.78, 5) is 40.0. The minimum atomic E-state index is -0.619. The first-order chi connectivity index (χ1) is 12.8.